The molecule has 0 amide bonds. The molecule has 13 heavy (non-hydrogen) atoms. The van der Waals surface area contributed by atoms with Crippen molar-refractivity contribution in [2.75, 3.05) is 6.61 Å². The second-order valence-corrected chi connectivity index (χ2v) is 2.16. The zero-order valence-electron chi connectivity index (χ0n) is 7.70. The fourth-order valence-electron chi connectivity index (χ4n) is 0.728. The van der Waals surface area contributed by atoms with E-state index in [4.69, 9.17) is 4.74 Å². The van der Waals surface area contributed by atoms with Gasteiger partial charge in [-0.15, -0.1) is 12.8 Å². The van der Waals surface area contributed by atoms with Crippen molar-refractivity contribution in [1.29, 1.82) is 0 Å². The molecule has 0 aromatic carbocycles. The highest BCUT2D eigenvalue weighted by Crippen LogP contribution is 1.99. The molecule has 0 fully saturated rings. The second kappa shape index (κ2) is 5.84. The van der Waals surface area contributed by atoms with Crippen molar-refractivity contribution < 1.29 is 9.53 Å². The SMILES string of the molecule is C#C.CCOC(=O)c1cc(C)[nH]n1. The molecule has 0 aliphatic rings. The minimum absolute atomic E-state index is 0.337. The molecule has 1 rings (SSSR count). The lowest BCUT2D eigenvalue weighted by molar-refractivity contribution is 0.0519. The van der Waals surface area contributed by atoms with Gasteiger partial charge in [-0.25, -0.2) is 4.79 Å². The van der Waals surface area contributed by atoms with Crippen LogP contribution < -0.4 is 0 Å². The second-order valence-electron chi connectivity index (χ2n) is 2.16. The van der Waals surface area contributed by atoms with Crippen molar-refractivity contribution in [3.05, 3.63) is 17.5 Å². The molecule has 0 saturated carbocycles. The lowest BCUT2D eigenvalue weighted by atomic mass is 10.4. The molecular weight excluding hydrogens is 168 g/mol. The van der Waals surface area contributed by atoms with E-state index in [-0.39, 0.29) is 5.97 Å². The molecule has 1 N–H and O–H groups in total. The summed E-state index contributed by atoms with van der Waals surface area (Å²) in [5.74, 6) is -0.378. The lowest BCUT2D eigenvalue weighted by Crippen LogP contribution is -2.04. The van der Waals surface area contributed by atoms with Crippen molar-refractivity contribution in [3.8, 4) is 12.8 Å². The zero-order valence-corrected chi connectivity index (χ0v) is 7.70. The number of aryl methyl sites for hydroxylation is 1. The monoisotopic (exact) mass is 180 g/mol. The Labute approximate surface area is 77.3 Å². The first-order chi connectivity index (χ1) is 6.24. The summed E-state index contributed by atoms with van der Waals surface area (Å²) < 4.78 is 4.72. The highest BCUT2D eigenvalue weighted by molar-refractivity contribution is 5.87. The molecule has 4 heteroatoms. The Kier molecular flexibility index (Phi) is 5.05. The topological polar surface area (TPSA) is 55.0 Å². The molecule has 0 atom stereocenters. The number of nitrogens with zero attached hydrogens (tertiary/aromatic N) is 1. The molecule has 1 aromatic rings. The Morgan fingerprint density at radius 1 is 1.69 bits per heavy atom. The Balaban J connectivity index is 0.000000671. The van der Waals surface area contributed by atoms with E-state index in [0.717, 1.165) is 5.69 Å². The van der Waals surface area contributed by atoms with Gasteiger partial charge in [0.2, 0.25) is 0 Å². The molecule has 0 unspecified atom stereocenters. The predicted octanol–water partition coefficient (Wildman–Crippen LogP) is 1.14. The van der Waals surface area contributed by atoms with Gasteiger partial charge in [0.05, 0.1) is 6.61 Å². The number of hydrogen-bond acceptors (Lipinski definition) is 3. The van der Waals surface area contributed by atoms with Crippen LogP contribution in [0.5, 0.6) is 0 Å². The number of aromatic nitrogens is 2. The van der Waals surface area contributed by atoms with Gasteiger partial charge in [-0.05, 0) is 19.9 Å². The van der Waals surface area contributed by atoms with Gasteiger partial charge in [-0.2, -0.15) is 5.10 Å². The van der Waals surface area contributed by atoms with Crippen LogP contribution in [0.4, 0.5) is 0 Å². The first-order valence-electron chi connectivity index (χ1n) is 3.76. The summed E-state index contributed by atoms with van der Waals surface area (Å²) in [4.78, 5) is 11.0. The molecule has 0 aliphatic heterocycles. The fraction of sp³-hybridized carbons (Fsp3) is 0.333. The summed E-state index contributed by atoms with van der Waals surface area (Å²) in [6, 6.07) is 1.65. The van der Waals surface area contributed by atoms with Gasteiger partial charge >= 0.3 is 5.97 Å². The van der Waals surface area contributed by atoms with Crippen LogP contribution in [0.25, 0.3) is 0 Å². The maximum atomic E-state index is 11.0. The van der Waals surface area contributed by atoms with Crippen molar-refractivity contribution in [2.45, 2.75) is 13.8 Å². The Bertz CT molecular complexity index is 289. The van der Waals surface area contributed by atoms with Crippen molar-refractivity contribution in [2.24, 2.45) is 0 Å². The fourth-order valence-corrected chi connectivity index (χ4v) is 0.728. The number of carbonyl (C=O) groups excluding carboxylic acids is 1. The van der Waals surface area contributed by atoms with Crippen LogP contribution in [-0.4, -0.2) is 22.8 Å². The van der Waals surface area contributed by atoms with E-state index in [1.807, 2.05) is 6.92 Å². The van der Waals surface area contributed by atoms with Crippen LogP contribution in [-0.2, 0) is 4.74 Å². The Hall–Kier alpha value is -1.76. The number of rotatable bonds is 2. The maximum absolute atomic E-state index is 11.0. The molecule has 0 saturated heterocycles. The molecule has 1 aromatic heterocycles. The first kappa shape index (κ1) is 11.2. The molecule has 0 bridgehead atoms. The maximum Gasteiger partial charge on any atom is 0.358 e. The van der Waals surface area contributed by atoms with Gasteiger partial charge in [0.25, 0.3) is 0 Å². The molecule has 4 nitrogen and oxygen atoms in total. The van der Waals surface area contributed by atoms with Crippen LogP contribution >= 0.6 is 0 Å². The standard InChI is InChI=1S/C7H10N2O2.C2H2/c1-3-11-7(10)6-4-5(2)8-9-6;1-2/h4H,3H2,1-2H3,(H,8,9);1-2H. The number of esters is 1. The van der Waals surface area contributed by atoms with E-state index in [1.54, 1.807) is 13.0 Å². The van der Waals surface area contributed by atoms with Crippen molar-refractivity contribution in [3.63, 3.8) is 0 Å². The van der Waals surface area contributed by atoms with Gasteiger partial charge < -0.3 is 4.74 Å². The number of nitrogens with one attached hydrogen (secondary N) is 1. The smallest absolute Gasteiger partial charge is 0.358 e. The zero-order chi connectivity index (χ0) is 10.3. The lowest BCUT2D eigenvalue weighted by Gasteiger charge is -1.94. The van der Waals surface area contributed by atoms with E-state index in [1.165, 1.54) is 0 Å². The Morgan fingerprint density at radius 3 is 2.69 bits per heavy atom. The average molecular weight is 180 g/mol. The predicted molar refractivity (Wildman–Crippen MR) is 49.2 cm³/mol. The van der Waals surface area contributed by atoms with Gasteiger partial charge in [0, 0.05) is 5.69 Å². The number of hydrogen-bond donors (Lipinski definition) is 1. The first-order valence-corrected chi connectivity index (χ1v) is 3.76. The molecule has 0 aliphatic carbocycles. The summed E-state index contributed by atoms with van der Waals surface area (Å²) in [5, 5.41) is 6.39. The van der Waals surface area contributed by atoms with Gasteiger partial charge in [-0.1, -0.05) is 0 Å². The van der Waals surface area contributed by atoms with Crippen molar-refractivity contribution >= 4 is 5.97 Å². The number of terminal acetylenes is 1. The minimum atomic E-state index is -0.378. The third-order valence-electron chi connectivity index (χ3n) is 1.19. The largest absolute Gasteiger partial charge is 0.461 e. The third kappa shape index (κ3) is 3.43. The van der Waals surface area contributed by atoms with Crippen molar-refractivity contribution in [1.82, 2.24) is 10.2 Å². The number of aromatic amines is 1. The number of H-pyrrole nitrogens is 1. The third-order valence-corrected chi connectivity index (χ3v) is 1.19. The van der Waals surface area contributed by atoms with E-state index in [0.29, 0.717) is 12.3 Å². The van der Waals surface area contributed by atoms with E-state index in [9.17, 15) is 4.79 Å². The van der Waals surface area contributed by atoms with Gasteiger partial charge in [-0.3, -0.25) is 5.10 Å². The summed E-state index contributed by atoms with van der Waals surface area (Å²) in [6.07, 6.45) is 8.00. The summed E-state index contributed by atoms with van der Waals surface area (Å²) >= 11 is 0. The van der Waals surface area contributed by atoms with Gasteiger partial charge in [0.1, 0.15) is 0 Å². The average Bonchev–Trinajstić information content (AvgIpc) is 2.56. The van der Waals surface area contributed by atoms with Crippen LogP contribution in [0.3, 0.4) is 0 Å². The Morgan fingerprint density at radius 2 is 2.31 bits per heavy atom. The van der Waals surface area contributed by atoms with Crippen LogP contribution in [0, 0.1) is 19.8 Å². The summed E-state index contributed by atoms with van der Waals surface area (Å²) in [6.45, 7) is 3.97. The normalized spacial score (nSPS) is 8.31. The highest BCUT2D eigenvalue weighted by Gasteiger charge is 2.08. The molecule has 70 valence electrons. The molecule has 0 spiro atoms. The molecule has 1 heterocycles. The van der Waals surface area contributed by atoms with E-state index >= 15 is 0 Å². The van der Waals surface area contributed by atoms with Crippen LogP contribution in [0.15, 0.2) is 6.07 Å². The van der Waals surface area contributed by atoms with Crippen LogP contribution in [0.2, 0.25) is 0 Å². The van der Waals surface area contributed by atoms with Gasteiger partial charge in [0.15, 0.2) is 5.69 Å². The summed E-state index contributed by atoms with van der Waals surface area (Å²) in [7, 11) is 0. The van der Waals surface area contributed by atoms with Crippen LogP contribution in [0.1, 0.15) is 23.1 Å². The highest BCUT2D eigenvalue weighted by atomic mass is 16.5. The summed E-state index contributed by atoms with van der Waals surface area (Å²) in [5.41, 5.74) is 1.19. The quantitative estimate of drug-likeness (QED) is 0.548. The molecule has 0 radical (unpaired) electrons. The molecular formula is C9H12N2O2. The minimum Gasteiger partial charge on any atom is -0.461 e. The number of carbonyl (C=O) groups is 1. The van der Waals surface area contributed by atoms with E-state index < -0.39 is 0 Å². The van der Waals surface area contributed by atoms with E-state index in [2.05, 4.69) is 23.0 Å². The number of ether oxygens (including phenoxy) is 1.